The zero-order valence-corrected chi connectivity index (χ0v) is 15.5. The molecule has 4 aromatic rings. The van der Waals surface area contributed by atoms with Crippen LogP contribution in [0, 0.1) is 0 Å². The van der Waals surface area contributed by atoms with E-state index < -0.39 is 0 Å². The number of halogens is 1. The third-order valence-electron chi connectivity index (χ3n) is 4.32. The second-order valence-corrected chi connectivity index (χ2v) is 6.75. The summed E-state index contributed by atoms with van der Waals surface area (Å²) >= 11 is 5.96. The molecular weight excluding hydrogens is 362 g/mol. The summed E-state index contributed by atoms with van der Waals surface area (Å²) in [5, 5.41) is 13.3. The summed E-state index contributed by atoms with van der Waals surface area (Å²) in [5.41, 5.74) is 3.19. The largest absolute Gasteiger partial charge is 0.345 e. The Kier molecular flexibility index (Phi) is 4.64. The smallest absolute Gasteiger partial charge is 0.272 e. The van der Waals surface area contributed by atoms with Crippen molar-refractivity contribution in [1.29, 1.82) is 0 Å². The van der Waals surface area contributed by atoms with Gasteiger partial charge >= 0.3 is 0 Å². The van der Waals surface area contributed by atoms with Crippen LogP contribution in [0.1, 0.15) is 21.7 Å². The van der Waals surface area contributed by atoms with Crippen LogP contribution in [-0.4, -0.2) is 25.5 Å². The molecule has 1 amide bonds. The Morgan fingerprint density at radius 2 is 1.85 bits per heavy atom. The topological polar surface area (TPSA) is 64.7 Å². The van der Waals surface area contributed by atoms with Crippen LogP contribution < -0.4 is 5.32 Å². The van der Waals surface area contributed by atoms with Crippen LogP contribution in [0.4, 0.5) is 0 Å². The molecule has 0 atom stereocenters. The molecule has 0 bridgehead atoms. The summed E-state index contributed by atoms with van der Waals surface area (Å²) < 4.78 is 3.55. The first-order valence-corrected chi connectivity index (χ1v) is 8.94. The second-order valence-electron chi connectivity index (χ2n) is 6.31. The van der Waals surface area contributed by atoms with Gasteiger partial charge < -0.3 is 5.32 Å². The molecule has 0 saturated carbocycles. The van der Waals surface area contributed by atoms with E-state index in [0.717, 1.165) is 22.2 Å². The van der Waals surface area contributed by atoms with Gasteiger partial charge in [0.1, 0.15) is 0 Å². The lowest BCUT2D eigenvalue weighted by Gasteiger charge is -2.04. The predicted molar refractivity (Wildman–Crippen MR) is 105 cm³/mol. The van der Waals surface area contributed by atoms with Gasteiger partial charge in [-0.05, 0) is 29.8 Å². The molecular formula is C20H18ClN5O. The molecule has 136 valence electrons. The highest BCUT2D eigenvalue weighted by Gasteiger charge is 2.17. The Balaban J connectivity index is 1.60. The highest BCUT2D eigenvalue weighted by atomic mass is 35.5. The average molecular weight is 380 g/mol. The van der Waals surface area contributed by atoms with Gasteiger partial charge in [-0.1, -0.05) is 41.9 Å². The van der Waals surface area contributed by atoms with Crippen LogP contribution in [0.15, 0.2) is 60.8 Å². The van der Waals surface area contributed by atoms with Crippen molar-refractivity contribution in [3.63, 3.8) is 0 Å². The zero-order valence-electron chi connectivity index (χ0n) is 14.8. The van der Waals surface area contributed by atoms with E-state index in [1.807, 2.05) is 72.5 Å². The highest BCUT2D eigenvalue weighted by Crippen LogP contribution is 2.20. The van der Waals surface area contributed by atoms with Crippen molar-refractivity contribution in [2.45, 2.75) is 13.1 Å². The van der Waals surface area contributed by atoms with Crippen molar-refractivity contribution >= 4 is 28.4 Å². The molecule has 0 saturated heterocycles. The molecule has 0 aliphatic rings. The first-order chi connectivity index (χ1) is 13.1. The van der Waals surface area contributed by atoms with E-state index in [0.29, 0.717) is 23.8 Å². The van der Waals surface area contributed by atoms with Crippen LogP contribution in [0.5, 0.6) is 0 Å². The Labute approximate surface area is 161 Å². The van der Waals surface area contributed by atoms with E-state index in [4.69, 9.17) is 11.6 Å². The number of nitrogens with one attached hydrogen (secondary N) is 1. The van der Waals surface area contributed by atoms with Gasteiger partial charge in [-0.2, -0.15) is 10.2 Å². The van der Waals surface area contributed by atoms with E-state index in [-0.39, 0.29) is 5.91 Å². The molecule has 0 aliphatic carbocycles. The first-order valence-electron chi connectivity index (χ1n) is 8.57. The Morgan fingerprint density at radius 3 is 2.59 bits per heavy atom. The van der Waals surface area contributed by atoms with E-state index in [1.54, 1.807) is 4.68 Å². The summed E-state index contributed by atoms with van der Waals surface area (Å²) in [6, 6.07) is 17.2. The van der Waals surface area contributed by atoms with E-state index in [2.05, 4.69) is 15.5 Å². The average Bonchev–Trinajstić information content (AvgIpc) is 3.26. The van der Waals surface area contributed by atoms with Crippen molar-refractivity contribution in [2.24, 2.45) is 7.05 Å². The minimum absolute atomic E-state index is 0.216. The lowest BCUT2D eigenvalue weighted by Crippen LogP contribution is -2.24. The van der Waals surface area contributed by atoms with Crippen LogP contribution >= 0.6 is 11.6 Å². The molecule has 7 heteroatoms. The van der Waals surface area contributed by atoms with Gasteiger partial charge in [-0.15, -0.1) is 0 Å². The standard InChI is InChI=1S/C20H18ClN5O/c1-25-11-10-16(23-25)12-22-20(27)19-17-4-2-3-5-18(17)26(24-19)13-14-6-8-15(21)9-7-14/h2-11H,12-13H2,1H3,(H,22,27). The van der Waals surface area contributed by atoms with Gasteiger partial charge in [0.05, 0.1) is 24.3 Å². The molecule has 0 radical (unpaired) electrons. The van der Waals surface area contributed by atoms with Gasteiger partial charge in [-0.3, -0.25) is 14.2 Å². The number of para-hydroxylation sites is 1. The fourth-order valence-corrected chi connectivity index (χ4v) is 3.12. The summed E-state index contributed by atoms with van der Waals surface area (Å²) in [6.45, 7) is 0.920. The van der Waals surface area contributed by atoms with Crippen LogP contribution in [0.25, 0.3) is 10.9 Å². The lowest BCUT2D eigenvalue weighted by molar-refractivity contribution is 0.0946. The monoisotopic (exact) mass is 379 g/mol. The predicted octanol–water partition coefficient (Wildman–Crippen LogP) is 3.40. The normalized spacial score (nSPS) is 11.0. The van der Waals surface area contributed by atoms with Crippen LogP contribution in [-0.2, 0) is 20.1 Å². The maximum atomic E-state index is 12.7. The minimum atomic E-state index is -0.216. The maximum absolute atomic E-state index is 12.7. The van der Waals surface area contributed by atoms with E-state index in [9.17, 15) is 4.79 Å². The third kappa shape index (κ3) is 3.71. The Bertz CT molecular complexity index is 1100. The molecule has 0 spiro atoms. The van der Waals surface area contributed by atoms with Crippen LogP contribution in [0.2, 0.25) is 5.02 Å². The van der Waals surface area contributed by atoms with Crippen molar-refractivity contribution in [3.05, 3.63) is 82.8 Å². The van der Waals surface area contributed by atoms with Crippen molar-refractivity contribution in [2.75, 3.05) is 0 Å². The SMILES string of the molecule is Cn1ccc(CNC(=O)c2nn(Cc3ccc(Cl)cc3)c3ccccc23)n1. The molecule has 0 unspecified atom stereocenters. The number of carbonyl (C=O) groups excluding carboxylic acids is 1. The number of nitrogens with zero attached hydrogens (tertiary/aromatic N) is 4. The van der Waals surface area contributed by atoms with Crippen LogP contribution in [0.3, 0.4) is 0 Å². The lowest BCUT2D eigenvalue weighted by atomic mass is 10.2. The number of fused-ring (bicyclic) bond motifs is 1. The molecule has 2 aromatic carbocycles. The first kappa shape index (κ1) is 17.3. The fourth-order valence-electron chi connectivity index (χ4n) is 2.99. The molecule has 2 heterocycles. The fraction of sp³-hybridized carbons (Fsp3) is 0.150. The van der Waals surface area contributed by atoms with Crippen molar-refractivity contribution in [3.8, 4) is 0 Å². The van der Waals surface area contributed by atoms with E-state index in [1.165, 1.54) is 0 Å². The minimum Gasteiger partial charge on any atom is -0.345 e. The van der Waals surface area contributed by atoms with Gasteiger partial charge in [0, 0.05) is 23.7 Å². The quantitative estimate of drug-likeness (QED) is 0.578. The third-order valence-corrected chi connectivity index (χ3v) is 4.57. The molecule has 1 N–H and O–H groups in total. The number of carbonyl (C=O) groups is 1. The molecule has 6 nitrogen and oxygen atoms in total. The number of aryl methyl sites for hydroxylation is 1. The molecule has 0 fully saturated rings. The van der Waals surface area contributed by atoms with Gasteiger partial charge in [-0.25, -0.2) is 0 Å². The highest BCUT2D eigenvalue weighted by molar-refractivity contribution is 6.30. The van der Waals surface area contributed by atoms with E-state index >= 15 is 0 Å². The van der Waals surface area contributed by atoms with Gasteiger partial charge in [0.15, 0.2) is 5.69 Å². The summed E-state index contributed by atoms with van der Waals surface area (Å²) in [6.07, 6.45) is 1.84. The zero-order chi connectivity index (χ0) is 18.8. The number of aromatic nitrogens is 4. The molecule has 4 rings (SSSR count). The number of hydrogen-bond donors (Lipinski definition) is 1. The second kappa shape index (κ2) is 7.25. The van der Waals surface area contributed by atoms with Gasteiger partial charge in [0.25, 0.3) is 5.91 Å². The van der Waals surface area contributed by atoms with Crippen molar-refractivity contribution in [1.82, 2.24) is 24.9 Å². The maximum Gasteiger partial charge on any atom is 0.272 e. The number of amides is 1. The summed E-state index contributed by atoms with van der Waals surface area (Å²) in [4.78, 5) is 12.7. The molecule has 27 heavy (non-hydrogen) atoms. The number of benzene rings is 2. The summed E-state index contributed by atoms with van der Waals surface area (Å²) in [5.74, 6) is -0.216. The molecule has 0 aliphatic heterocycles. The Hall–Kier alpha value is -3.12. The summed E-state index contributed by atoms with van der Waals surface area (Å²) in [7, 11) is 1.84. The van der Waals surface area contributed by atoms with Crippen molar-refractivity contribution < 1.29 is 4.79 Å². The van der Waals surface area contributed by atoms with Gasteiger partial charge in [0.2, 0.25) is 0 Å². The number of rotatable bonds is 5. The molecule has 2 aromatic heterocycles. The Morgan fingerprint density at radius 1 is 1.07 bits per heavy atom. The number of hydrogen-bond acceptors (Lipinski definition) is 3.